The number of hydrogen-bond acceptors (Lipinski definition) is 4. The highest BCUT2D eigenvalue weighted by molar-refractivity contribution is 5.94. The van der Waals surface area contributed by atoms with E-state index >= 15 is 0 Å². The molecule has 0 aliphatic rings. The van der Waals surface area contributed by atoms with Gasteiger partial charge < -0.3 is 20.8 Å². The van der Waals surface area contributed by atoms with Gasteiger partial charge in [-0.1, -0.05) is 24.3 Å². The van der Waals surface area contributed by atoms with Crippen LogP contribution in [-0.4, -0.2) is 35.1 Å². The second-order valence-corrected chi connectivity index (χ2v) is 5.64. The van der Waals surface area contributed by atoms with Gasteiger partial charge >= 0.3 is 0 Å². The Kier molecular flexibility index (Phi) is 6.83. The molecule has 2 aromatic rings. The average molecular weight is 342 g/mol. The molecule has 2 rings (SSSR count). The van der Waals surface area contributed by atoms with Gasteiger partial charge in [-0.05, 0) is 42.7 Å². The van der Waals surface area contributed by atoms with Gasteiger partial charge in [0.15, 0.2) is 0 Å². The minimum atomic E-state index is -0.262. The summed E-state index contributed by atoms with van der Waals surface area (Å²) in [6.45, 7) is 0.883. The Bertz CT molecular complexity index is 731. The summed E-state index contributed by atoms with van der Waals surface area (Å²) in [6, 6.07) is 13.1. The molecule has 0 radical (unpaired) electrons. The summed E-state index contributed by atoms with van der Waals surface area (Å²) in [6.07, 6.45) is 1.38. The molecule has 0 heterocycles. The number of phenolic OH excluding ortho intramolecular Hbond substituents is 2. The van der Waals surface area contributed by atoms with Crippen LogP contribution in [0.2, 0.25) is 0 Å². The molecule has 0 bridgehead atoms. The molecule has 0 aromatic heterocycles. The van der Waals surface area contributed by atoms with Crippen LogP contribution in [-0.2, 0) is 11.2 Å². The first kappa shape index (κ1) is 18.3. The lowest BCUT2D eigenvalue weighted by molar-refractivity contribution is -0.121. The van der Waals surface area contributed by atoms with E-state index in [1.165, 1.54) is 12.1 Å². The molecule has 0 aliphatic carbocycles. The molecule has 0 saturated heterocycles. The SMILES string of the molecule is O=C(CCc1ccccc1O)NCCCNC(=O)c1cccc(O)c1. The molecular weight excluding hydrogens is 320 g/mol. The Labute approximate surface area is 146 Å². The molecule has 6 nitrogen and oxygen atoms in total. The number of phenols is 2. The Morgan fingerprint density at radius 1 is 0.920 bits per heavy atom. The van der Waals surface area contributed by atoms with Crippen molar-refractivity contribution in [3.8, 4) is 11.5 Å². The van der Waals surface area contributed by atoms with Crippen LogP contribution in [0.15, 0.2) is 48.5 Å². The van der Waals surface area contributed by atoms with Crippen molar-refractivity contribution in [1.82, 2.24) is 10.6 Å². The summed E-state index contributed by atoms with van der Waals surface area (Å²) < 4.78 is 0. The quantitative estimate of drug-likeness (QED) is 0.551. The van der Waals surface area contributed by atoms with Crippen LogP contribution < -0.4 is 10.6 Å². The van der Waals surface area contributed by atoms with Gasteiger partial charge in [-0.3, -0.25) is 9.59 Å². The molecule has 4 N–H and O–H groups in total. The highest BCUT2D eigenvalue weighted by Crippen LogP contribution is 2.17. The van der Waals surface area contributed by atoms with E-state index in [4.69, 9.17) is 0 Å². The van der Waals surface area contributed by atoms with Crippen molar-refractivity contribution in [2.75, 3.05) is 13.1 Å². The number of rotatable bonds is 8. The zero-order chi connectivity index (χ0) is 18.1. The largest absolute Gasteiger partial charge is 0.508 e. The van der Waals surface area contributed by atoms with E-state index in [-0.39, 0.29) is 23.3 Å². The number of benzene rings is 2. The Morgan fingerprint density at radius 3 is 2.44 bits per heavy atom. The van der Waals surface area contributed by atoms with Gasteiger partial charge in [-0.2, -0.15) is 0 Å². The molecule has 25 heavy (non-hydrogen) atoms. The van der Waals surface area contributed by atoms with Crippen molar-refractivity contribution >= 4 is 11.8 Å². The number of carbonyl (C=O) groups excluding carboxylic acids is 2. The van der Waals surface area contributed by atoms with Gasteiger partial charge in [0.2, 0.25) is 5.91 Å². The Hall–Kier alpha value is -3.02. The molecular formula is C19H22N2O4. The van der Waals surface area contributed by atoms with Crippen LogP contribution in [0.1, 0.15) is 28.8 Å². The van der Waals surface area contributed by atoms with Crippen LogP contribution in [0, 0.1) is 0 Å². The molecule has 2 amide bonds. The smallest absolute Gasteiger partial charge is 0.251 e. The van der Waals surface area contributed by atoms with E-state index in [0.29, 0.717) is 37.9 Å². The standard InChI is InChI=1S/C19H22N2O4/c22-16-7-3-6-15(13-16)19(25)21-12-4-11-20-18(24)10-9-14-5-1-2-8-17(14)23/h1-3,5-8,13,22-23H,4,9-12H2,(H,20,24)(H,21,25). The summed E-state index contributed by atoms with van der Waals surface area (Å²) >= 11 is 0. The second-order valence-electron chi connectivity index (χ2n) is 5.64. The summed E-state index contributed by atoms with van der Waals surface area (Å²) in [7, 11) is 0. The topological polar surface area (TPSA) is 98.7 Å². The van der Waals surface area contributed by atoms with Gasteiger partial charge in [-0.25, -0.2) is 0 Å². The maximum Gasteiger partial charge on any atom is 0.251 e. The zero-order valence-corrected chi connectivity index (χ0v) is 13.9. The van der Waals surface area contributed by atoms with E-state index in [1.54, 1.807) is 30.3 Å². The van der Waals surface area contributed by atoms with Crippen LogP contribution in [0.25, 0.3) is 0 Å². The van der Waals surface area contributed by atoms with Gasteiger partial charge in [0, 0.05) is 25.1 Å². The molecule has 132 valence electrons. The minimum absolute atomic E-state index is 0.0457. The molecule has 0 unspecified atom stereocenters. The second kappa shape index (κ2) is 9.32. The van der Waals surface area contributed by atoms with Gasteiger partial charge in [-0.15, -0.1) is 0 Å². The van der Waals surface area contributed by atoms with Crippen LogP contribution in [0.5, 0.6) is 11.5 Å². The van der Waals surface area contributed by atoms with Gasteiger partial charge in [0.25, 0.3) is 5.91 Å². The summed E-state index contributed by atoms with van der Waals surface area (Å²) in [4.78, 5) is 23.6. The highest BCUT2D eigenvalue weighted by atomic mass is 16.3. The Balaban J connectivity index is 1.60. The van der Waals surface area contributed by atoms with Crippen molar-refractivity contribution in [1.29, 1.82) is 0 Å². The van der Waals surface area contributed by atoms with Crippen LogP contribution >= 0.6 is 0 Å². The summed E-state index contributed by atoms with van der Waals surface area (Å²) in [5.41, 5.74) is 1.14. The van der Waals surface area contributed by atoms with Crippen molar-refractivity contribution in [2.45, 2.75) is 19.3 Å². The first-order chi connectivity index (χ1) is 12.1. The number of carbonyl (C=O) groups is 2. The molecule has 6 heteroatoms. The third-order valence-electron chi connectivity index (χ3n) is 3.68. The molecule has 0 aliphatic heterocycles. The molecule has 2 aromatic carbocycles. The molecule has 0 fully saturated rings. The minimum Gasteiger partial charge on any atom is -0.508 e. The summed E-state index contributed by atoms with van der Waals surface area (Å²) in [5.74, 6) is -0.112. The number of hydrogen-bond donors (Lipinski definition) is 4. The van der Waals surface area contributed by atoms with Gasteiger partial charge in [0.05, 0.1) is 0 Å². The van der Waals surface area contributed by atoms with E-state index in [1.807, 2.05) is 6.07 Å². The molecule has 0 spiro atoms. The average Bonchev–Trinajstić information content (AvgIpc) is 2.60. The van der Waals surface area contributed by atoms with Crippen molar-refractivity contribution < 1.29 is 19.8 Å². The number of para-hydroxylation sites is 1. The zero-order valence-electron chi connectivity index (χ0n) is 13.9. The van der Waals surface area contributed by atoms with E-state index in [2.05, 4.69) is 10.6 Å². The number of amides is 2. The Morgan fingerprint density at radius 2 is 1.68 bits per heavy atom. The fourth-order valence-electron chi connectivity index (χ4n) is 2.33. The van der Waals surface area contributed by atoms with E-state index < -0.39 is 0 Å². The predicted octanol–water partition coefficient (Wildman–Crippen LogP) is 1.97. The number of nitrogens with one attached hydrogen (secondary N) is 2. The first-order valence-corrected chi connectivity index (χ1v) is 8.17. The molecule has 0 atom stereocenters. The van der Waals surface area contributed by atoms with Crippen LogP contribution in [0.3, 0.4) is 0 Å². The van der Waals surface area contributed by atoms with E-state index in [9.17, 15) is 19.8 Å². The lowest BCUT2D eigenvalue weighted by Gasteiger charge is -2.08. The maximum absolute atomic E-state index is 11.9. The van der Waals surface area contributed by atoms with Crippen molar-refractivity contribution in [3.63, 3.8) is 0 Å². The van der Waals surface area contributed by atoms with Crippen molar-refractivity contribution in [2.24, 2.45) is 0 Å². The monoisotopic (exact) mass is 342 g/mol. The lowest BCUT2D eigenvalue weighted by atomic mass is 10.1. The maximum atomic E-state index is 11.9. The fourth-order valence-corrected chi connectivity index (χ4v) is 2.33. The summed E-state index contributed by atoms with van der Waals surface area (Å²) in [5, 5.41) is 24.5. The molecule has 0 saturated carbocycles. The third-order valence-corrected chi connectivity index (χ3v) is 3.68. The first-order valence-electron chi connectivity index (χ1n) is 8.17. The third kappa shape index (κ3) is 6.18. The fraction of sp³-hybridized carbons (Fsp3) is 0.263. The van der Waals surface area contributed by atoms with Crippen LogP contribution in [0.4, 0.5) is 0 Å². The lowest BCUT2D eigenvalue weighted by Crippen LogP contribution is -2.30. The highest BCUT2D eigenvalue weighted by Gasteiger charge is 2.06. The predicted molar refractivity (Wildman–Crippen MR) is 94.5 cm³/mol. The number of aryl methyl sites for hydroxylation is 1. The van der Waals surface area contributed by atoms with Crippen molar-refractivity contribution in [3.05, 3.63) is 59.7 Å². The van der Waals surface area contributed by atoms with E-state index in [0.717, 1.165) is 5.56 Å². The normalized spacial score (nSPS) is 10.2. The van der Waals surface area contributed by atoms with Gasteiger partial charge in [0.1, 0.15) is 11.5 Å². The number of aromatic hydroxyl groups is 2.